The first kappa shape index (κ1) is 10.9. The summed E-state index contributed by atoms with van der Waals surface area (Å²) in [6, 6.07) is 0.136. The van der Waals surface area contributed by atoms with E-state index in [2.05, 4.69) is 0 Å². The molecule has 5 nitrogen and oxygen atoms in total. The Hall–Kier alpha value is -0.650. The maximum absolute atomic E-state index is 11.9. The van der Waals surface area contributed by atoms with E-state index in [1.165, 1.54) is 0 Å². The molecule has 1 amide bonds. The molecule has 0 radical (unpaired) electrons. The molecule has 4 atom stereocenters. The van der Waals surface area contributed by atoms with E-state index in [0.29, 0.717) is 0 Å². The SMILES string of the molecule is NC1CCC(C(=O)N2CC(O)C(O)C2)C1. The summed E-state index contributed by atoms with van der Waals surface area (Å²) in [5, 5.41) is 18.7. The lowest BCUT2D eigenvalue weighted by atomic mass is 10.1. The van der Waals surface area contributed by atoms with Crippen molar-refractivity contribution in [1.82, 2.24) is 4.90 Å². The van der Waals surface area contributed by atoms with Gasteiger partial charge in [-0.05, 0) is 19.3 Å². The first-order chi connectivity index (χ1) is 7.08. The second kappa shape index (κ2) is 4.08. The third-order valence-corrected chi connectivity index (χ3v) is 3.39. The Morgan fingerprint density at radius 1 is 1.20 bits per heavy atom. The Labute approximate surface area is 88.9 Å². The van der Waals surface area contributed by atoms with Crippen LogP contribution in [0.3, 0.4) is 0 Å². The van der Waals surface area contributed by atoms with Crippen LogP contribution in [0.4, 0.5) is 0 Å². The van der Waals surface area contributed by atoms with Crippen LogP contribution in [0.2, 0.25) is 0 Å². The van der Waals surface area contributed by atoms with E-state index < -0.39 is 12.2 Å². The molecular formula is C10H18N2O3. The van der Waals surface area contributed by atoms with Gasteiger partial charge in [-0.25, -0.2) is 0 Å². The molecule has 0 bridgehead atoms. The molecule has 2 rings (SSSR count). The molecule has 0 aromatic carbocycles. The number of amides is 1. The normalized spacial score (nSPS) is 41.1. The molecule has 0 spiro atoms. The monoisotopic (exact) mass is 214 g/mol. The maximum atomic E-state index is 11.9. The molecule has 1 aliphatic heterocycles. The number of aliphatic hydroxyl groups excluding tert-OH is 2. The number of hydrogen-bond acceptors (Lipinski definition) is 4. The minimum absolute atomic E-state index is 0.00231. The largest absolute Gasteiger partial charge is 0.388 e. The summed E-state index contributed by atoms with van der Waals surface area (Å²) in [5.41, 5.74) is 5.75. The van der Waals surface area contributed by atoms with Gasteiger partial charge in [-0.15, -0.1) is 0 Å². The van der Waals surface area contributed by atoms with Crippen LogP contribution in [0.5, 0.6) is 0 Å². The van der Waals surface area contributed by atoms with Gasteiger partial charge in [-0.2, -0.15) is 0 Å². The quantitative estimate of drug-likeness (QED) is 0.505. The van der Waals surface area contributed by atoms with Crippen LogP contribution in [-0.2, 0) is 4.79 Å². The van der Waals surface area contributed by atoms with Crippen LogP contribution in [0.15, 0.2) is 0 Å². The van der Waals surface area contributed by atoms with Crippen molar-refractivity contribution >= 4 is 5.91 Å². The summed E-state index contributed by atoms with van der Waals surface area (Å²) in [7, 11) is 0. The third-order valence-electron chi connectivity index (χ3n) is 3.39. The topological polar surface area (TPSA) is 86.8 Å². The predicted molar refractivity (Wildman–Crippen MR) is 53.9 cm³/mol. The number of aliphatic hydroxyl groups is 2. The van der Waals surface area contributed by atoms with Crippen molar-refractivity contribution in [1.29, 1.82) is 0 Å². The van der Waals surface area contributed by atoms with Gasteiger partial charge >= 0.3 is 0 Å². The molecule has 15 heavy (non-hydrogen) atoms. The maximum Gasteiger partial charge on any atom is 0.225 e. The molecule has 2 aliphatic rings. The Morgan fingerprint density at radius 2 is 1.80 bits per heavy atom. The molecule has 1 aliphatic carbocycles. The van der Waals surface area contributed by atoms with E-state index >= 15 is 0 Å². The van der Waals surface area contributed by atoms with Gasteiger partial charge in [-0.1, -0.05) is 0 Å². The average molecular weight is 214 g/mol. The second-order valence-electron chi connectivity index (χ2n) is 4.65. The van der Waals surface area contributed by atoms with Gasteiger partial charge in [0, 0.05) is 25.0 Å². The van der Waals surface area contributed by atoms with Gasteiger partial charge in [0.1, 0.15) is 0 Å². The zero-order valence-corrected chi connectivity index (χ0v) is 8.67. The number of β-amino-alcohol motifs (C(OH)–C–C–N with tert-alkyl or cyclic N) is 2. The number of carbonyl (C=O) groups is 1. The van der Waals surface area contributed by atoms with Crippen LogP contribution in [0, 0.1) is 5.92 Å². The summed E-state index contributed by atoms with van der Waals surface area (Å²) in [5.74, 6) is 0.0380. The van der Waals surface area contributed by atoms with Gasteiger partial charge in [0.15, 0.2) is 0 Å². The van der Waals surface area contributed by atoms with Crippen LogP contribution in [0.1, 0.15) is 19.3 Å². The summed E-state index contributed by atoms with van der Waals surface area (Å²) in [6.45, 7) is 0.511. The summed E-state index contributed by atoms with van der Waals surface area (Å²) < 4.78 is 0. The van der Waals surface area contributed by atoms with Gasteiger partial charge in [0.2, 0.25) is 5.91 Å². The molecule has 5 heteroatoms. The lowest BCUT2D eigenvalue weighted by Gasteiger charge is -2.19. The summed E-state index contributed by atoms with van der Waals surface area (Å²) >= 11 is 0. The van der Waals surface area contributed by atoms with Crippen molar-refractivity contribution in [3.8, 4) is 0 Å². The summed E-state index contributed by atoms with van der Waals surface area (Å²) in [4.78, 5) is 13.5. The van der Waals surface area contributed by atoms with Crippen molar-refractivity contribution in [3.63, 3.8) is 0 Å². The molecule has 1 heterocycles. The molecule has 4 N–H and O–H groups in total. The molecule has 1 saturated carbocycles. The van der Waals surface area contributed by atoms with Crippen molar-refractivity contribution in [2.24, 2.45) is 11.7 Å². The van der Waals surface area contributed by atoms with Crippen molar-refractivity contribution < 1.29 is 15.0 Å². The first-order valence-corrected chi connectivity index (χ1v) is 5.48. The van der Waals surface area contributed by atoms with E-state index in [1.54, 1.807) is 4.90 Å². The fraction of sp³-hybridized carbons (Fsp3) is 0.900. The Balaban J connectivity index is 1.92. The van der Waals surface area contributed by atoms with Crippen LogP contribution in [0.25, 0.3) is 0 Å². The van der Waals surface area contributed by atoms with E-state index in [9.17, 15) is 15.0 Å². The standard InChI is InChI=1S/C10H18N2O3/c11-7-2-1-6(3-7)10(15)12-4-8(13)9(14)5-12/h6-9,13-14H,1-5,11H2. The number of nitrogens with zero attached hydrogens (tertiary/aromatic N) is 1. The van der Waals surface area contributed by atoms with E-state index in [1.807, 2.05) is 0 Å². The smallest absolute Gasteiger partial charge is 0.225 e. The Bertz CT molecular complexity index is 249. The highest BCUT2D eigenvalue weighted by Gasteiger charge is 2.37. The average Bonchev–Trinajstić information content (AvgIpc) is 2.74. The lowest BCUT2D eigenvalue weighted by molar-refractivity contribution is -0.134. The number of carbonyl (C=O) groups excluding carboxylic acids is 1. The zero-order chi connectivity index (χ0) is 11.0. The van der Waals surface area contributed by atoms with Crippen LogP contribution in [-0.4, -0.2) is 52.4 Å². The third kappa shape index (κ3) is 2.14. The second-order valence-corrected chi connectivity index (χ2v) is 4.65. The Morgan fingerprint density at radius 3 is 2.27 bits per heavy atom. The lowest BCUT2D eigenvalue weighted by Crippen LogP contribution is -2.35. The van der Waals surface area contributed by atoms with E-state index in [4.69, 9.17) is 5.73 Å². The molecule has 86 valence electrons. The highest BCUT2D eigenvalue weighted by Crippen LogP contribution is 2.27. The van der Waals surface area contributed by atoms with Gasteiger partial charge < -0.3 is 20.8 Å². The highest BCUT2D eigenvalue weighted by molar-refractivity contribution is 5.79. The minimum Gasteiger partial charge on any atom is -0.388 e. The fourth-order valence-corrected chi connectivity index (χ4v) is 2.45. The van der Waals surface area contributed by atoms with Crippen molar-refractivity contribution in [3.05, 3.63) is 0 Å². The first-order valence-electron chi connectivity index (χ1n) is 5.48. The van der Waals surface area contributed by atoms with Gasteiger partial charge in [0.25, 0.3) is 0 Å². The molecule has 0 aromatic heterocycles. The van der Waals surface area contributed by atoms with Crippen molar-refractivity contribution in [2.75, 3.05) is 13.1 Å². The molecular weight excluding hydrogens is 196 g/mol. The van der Waals surface area contributed by atoms with E-state index in [-0.39, 0.29) is 31.0 Å². The molecule has 2 fully saturated rings. The number of rotatable bonds is 1. The van der Waals surface area contributed by atoms with Crippen molar-refractivity contribution in [2.45, 2.75) is 37.5 Å². The van der Waals surface area contributed by atoms with Crippen LogP contribution < -0.4 is 5.73 Å². The molecule has 0 aromatic rings. The van der Waals surface area contributed by atoms with Gasteiger partial charge in [-0.3, -0.25) is 4.79 Å². The number of hydrogen-bond donors (Lipinski definition) is 3. The fourth-order valence-electron chi connectivity index (χ4n) is 2.45. The predicted octanol–water partition coefficient (Wildman–Crippen LogP) is -1.32. The summed E-state index contributed by atoms with van der Waals surface area (Å²) in [6.07, 6.45) is 0.896. The van der Waals surface area contributed by atoms with E-state index in [0.717, 1.165) is 19.3 Å². The number of nitrogens with two attached hydrogens (primary N) is 1. The van der Waals surface area contributed by atoms with Gasteiger partial charge in [0.05, 0.1) is 12.2 Å². The minimum atomic E-state index is -0.788. The molecule has 4 unspecified atom stereocenters. The van der Waals surface area contributed by atoms with Crippen LogP contribution >= 0.6 is 0 Å². The zero-order valence-electron chi connectivity index (χ0n) is 8.67. The highest BCUT2D eigenvalue weighted by atomic mass is 16.3. The number of likely N-dealkylation sites (tertiary alicyclic amines) is 1. The Kier molecular flexibility index (Phi) is 2.95. The molecule has 1 saturated heterocycles.